The highest BCUT2D eigenvalue weighted by Crippen LogP contribution is 2.24. The van der Waals surface area contributed by atoms with Crippen LogP contribution < -0.4 is 14.4 Å². The molecule has 2 aromatic carbocycles. The number of ketones is 1. The number of amides is 1. The summed E-state index contributed by atoms with van der Waals surface area (Å²) in [5.74, 6) is -0.507. The van der Waals surface area contributed by atoms with Crippen LogP contribution in [-0.2, 0) is 14.8 Å². The molecule has 2 fully saturated rings. The molecule has 35 heavy (non-hydrogen) atoms. The number of Topliss-reactive ketones (excluding diaryl/α,β-unsaturated/α-hetero) is 1. The zero-order valence-electron chi connectivity index (χ0n) is 20.1. The minimum atomic E-state index is -3.83. The molecule has 0 unspecified atom stereocenters. The number of carbonyl (C=O) groups excluding carboxylic acids is 2. The second-order valence-corrected chi connectivity index (χ2v) is 10.9. The second kappa shape index (κ2) is 11.1. The fourth-order valence-electron chi connectivity index (χ4n) is 4.74. The summed E-state index contributed by atoms with van der Waals surface area (Å²) in [6.07, 6.45) is 4.62. The molecule has 0 aromatic heterocycles. The SMILES string of the molecule is COc1ccc(C(=O)C2CCN(C(=O)CS(=O)(=O)Nc3ccc(N4CCCCC4)cc3)CC2)cc1. The van der Waals surface area contributed by atoms with Crippen molar-refractivity contribution in [1.82, 2.24) is 4.90 Å². The number of anilines is 2. The van der Waals surface area contributed by atoms with Gasteiger partial charge in [-0.3, -0.25) is 14.3 Å². The Morgan fingerprint density at radius 1 is 0.914 bits per heavy atom. The van der Waals surface area contributed by atoms with Gasteiger partial charge in [0.15, 0.2) is 5.78 Å². The van der Waals surface area contributed by atoms with Crippen molar-refractivity contribution < 1.29 is 22.7 Å². The Labute approximate surface area is 207 Å². The van der Waals surface area contributed by atoms with E-state index in [0.717, 1.165) is 18.8 Å². The number of likely N-dealkylation sites (tertiary alicyclic amines) is 1. The molecule has 2 heterocycles. The third-order valence-corrected chi connectivity index (χ3v) is 7.94. The van der Waals surface area contributed by atoms with E-state index in [1.165, 1.54) is 24.2 Å². The normalized spacial score (nSPS) is 17.2. The van der Waals surface area contributed by atoms with Crippen molar-refractivity contribution in [3.8, 4) is 5.75 Å². The van der Waals surface area contributed by atoms with Crippen LogP contribution in [-0.4, -0.2) is 64.0 Å². The lowest BCUT2D eigenvalue weighted by Gasteiger charge is -2.31. The molecule has 0 aliphatic carbocycles. The molecular formula is C26H33N3O5S. The van der Waals surface area contributed by atoms with Crippen molar-refractivity contribution in [3.05, 3.63) is 54.1 Å². The van der Waals surface area contributed by atoms with E-state index in [-0.39, 0.29) is 11.7 Å². The lowest BCUT2D eigenvalue weighted by Crippen LogP contribution is -2.43. The van der Waals surface area contributed by atoms with Crippen LogP contribution in [0.4, 0.5) is 11.4 Å². The third kappa shape index (κ3) is 6.54. The number of nitrogens with one attached hydrogen (secondary N) is 1. The summed E-state index contributed by atoms with van der Waals surface area (Å²) in [5.41, 5.74) is 2.15. The highest BCUT2D eigenvalue weighted by molar-refractivity contribution is 7.93. The van der Waals surface area contributed by atoms with Crippen LogP contribution in [0, 0.1) is 5.92 Å². The van der Waals surface area contributed by atoms with Crippen molar-refractivity contribution in [2.75, 3.05) is 48.7 Å². The van der Waals surface area contributed by atoms with Gasteiger partial charge < -0.3 is 14.5 Å². The number of piperidine rings is 2. The number of methoxy groups -OCH3 is 1. The molecule has 8 nitrogen and oxygen atoms in total. The van der Waals surface area contributed by atoms with Gasteiger partial charge in [0, 0.05) is 49.0 Å². The summed E-state index contributed by atoms with van der Waals surface area (Å²) < 4.78 is 32.9. The van der Waals surface area contributed by atoms with Crippen LogP contribution in [0.2, 0.25) is 0 Å². The first kappa shape index (κ1) is 25.0. The Kier molecular flexibility index (Phi) is 7.95. The molecule has 188 valence electrons. The Morgan fingerprint density at radius 2 is 1.54 bits per heavy atom. The third-order valence-electron chi connectivity index (χ3n) is 6.77. The van der Waals surface area contributed by atoms with Gasteiger partial charge in [-0.2, -0.15) is 0 Å². The van der Waals surface area contributed by atoms with Gasteiger partial charge in [-0.05, 0) is 80.6 Å². The maximum Gasteiger partial charge on any atom is 0.241 e. The first-order valence-corrected chi connectivity index (χ1v) is 13.8. The van der Waals surface area contributed by atoms with E-state index in [1.54, 1.807) is 43.5 Å². The predicted molar refractivity (Wildman–Crippen MR) is 137 cm³/mol. The van der Waals surface area contributed by atoms with Crippen LogP contribution in [0.3, 0.4) is 0 Å². The molecule has 0 atom stereocenters. The first-order chi connectivity index (χ1) is 16.8. The van der Waals surface area contributed by atoms with Crippen LogP contribution in [0.25, 0.3) is 0 Å². The number of carbonyl (C=O) groups is 2. The van der Waals surface area contributed by atoms with Crippen LogP contribution >= 0.6 is 0 Å². The topological polar surface area (TPSA) is 96.0 Å². The summed E-state index contributed by atoms with van der Waals surface area (Å²) in [4.78, 5) is 29.3. The zero-order valence-corrected chi connectivity index (χ0v) is 20.9. The largest absolute Gasteiger partial charge is 0.497 e. The lowest BCUT2D eigenvalue weighted by molar-refractivity contribution is -0.129. The zero-order chi connectivity index (χ0) is 24.8. The van der Waals surface area contributed by atoms with E-state index in [9.17, 15) is 18.0 Å². The quantitative estimate of drug-likeness (QED) is 0.558. The molecule has 2 aliphatic heterocycles. The Bertz CT molecular complexity index is 1120. The first-order valence-electron chi connectivity index (χ1n) is 12.2. The molecule has 2 aliphatic rings. The van der Waals surface area contributed by atoms with Gasteiger partial charge in [0.25, 0.3) is 0 Å². The number of hydrogen-bond donors (Lipinski definition) is 1. The van der Waals surface area contributed by atoms with E-state index < -0.39 is 21.7 Å². The van der Waals surface area contributed by atoms with Gasteiger partial charge in [0.2, 0.25) is 15.9 Å². The molecule has 0 spiro atoms. The molecule has 1 amide bonds. The Morgan fingerprint density at radius 3 is 2.14 bits per heavy atom. The number of rotatable bonds is 8. The molecule has 9 heteroatoms. The molecule has 0 saturated carbocycles. The maximum absolute atomic E-state index is 12.8. The van der Waals surface area contributed by atoms with Gasteiger partial charge in [0.1, 0.15) is 11.5 Å². The molecular weight excluding hydrogens is 466 g/mol. The van der Waals surface area contributed by atoms with Crippen LogP contribution in [0.5, 0.6) is 5.75 Å². The standard InChI is InChI=1S/C26H33N3O5S/c1-34-24-11-5-20(6-12-24)26(31)21-13-17-29(18-14-21)25(30)19-35(32,33)27-22-7-9-23(10-8-22)28-15-3-2-4-16-28/h5-12,21,27H,2-4,13-19H2,1H3. The van der Waals surface area contributed by atoms with Crippen molar-refractivity contribution in [2.24, 2.45) is 5.92 Å². The van der Waals surface area contributed by atoms with Crippen molar-refractivity contribution in [2.45, 2.75) is 32.1 Å². The number of benzene rings is 2. The fourth-order valence-corrected chi connectivity index (χ4v) is 5.82. The van der Waals surface area contributed by atoms with E-state index in [2.05, 4.69) is 9.62 Å². The van der Waals surface area contributed by atoms with Gasteiger partial charge in [0.05, 0.1) is 7.11 Å². The van der Waals surface area contributed by atoms with Gasteiger partial charge in [-0.25, -0.2) is 8.42 Å². The number of ether oxygens (including phenoxy) is 1. The second-order valence-electron chi connectivity index (χ2n) is 9.20. The summed E-state index contributed by atoms with van der Waals surface area (Å²) >= 11 is 0. The van der Waals surface area contributed by atoms with Gasteiger partial charge in [-0.1, -0.05) is 0 Å². The average Bonchev–Trinajstić information content (AvgIpc) is 2.89. The summed E-state index contributed by atoms with van der Waals surface area (Å²) in [6, 6.07) is 14.3. The van der Waals surface area contributed by atoms with Crippen molar-refractivity contribution in [1.29, 1.82) is 0 Å². The van der Waals surface area contributed by atoms with Crippen molar-refractivity contribution in [3.63, 3.8) is 0 Å². The average molecular weight is 500 g/mol. The monoisotopic (exact) mass is 499 g/mol. The van der Waals surface area contributed by atoms with E-state index in [4.69, 9.17) is 4.74 Å². The highest BCUT2D eigenvalue weighted by Gasteiger charge is 2.30. The molecule has 4 rings (SSSR count). The molecule has 1 N–H and O–H groups in total. The van der Waals surface area contributed by atoms with E-state index >= 15 is 0 Å². The summed E-state index contributed by atoms with van der Waals surface area (Å²) in [5, 5.41) is 0. The van der Waals surface area contributed by atoms with E-state index in [0.29, 0.717) is 42.9 Å². The number of hydrogen-bond acceptors (Lipinski definition) is 6. The summed E-state index contributed by atoms with van der Waals surface area (Å²) in [7, 11) is -2.26. The highest BCUT2D eigenvalue weighted by atomic mass is 32.2. The minimum absolute atomic E-state index is 0.0436. The molecule has 0 bridgehead atoms. The van der Waals surface area contributed by atoms with Gasteiger partial charge >= 0.3 is 0 Å². The van der Waals surface area contributed by atoms with Crippen LogP contribution in [0.1, 0.15) is 42.5 Å². The molecule has 2 saturated heterocycles. The van der Waals surface area contributed by atoms with Crippen LogP contribution in [0.15, 0.2) is 48.5 Å². The lowest BCUT2D eigenvalue weighted by atomic mass is 9.89. The predicted octanol–water partition coefficient (Wildman–Crippen LogP) is 3.55. The Balaban J connectivity index is 1.27. The maximum atomic E-state index is 12.8. The number of nitrogens with zero attached hydrogens (tertiary/aromatic N) is 2. The van der Waals surface area contributed by atoms with Crippen molar-refractivity contribution >= 4 is 33.1 Å². The smallest absolute Gasteiger partial charge is 0.241 e. The van der Waals surface area contributed by atoms with Gasteiger partial charge in [-0.15, -0.1) is 0 Å². The Hall–Kier alpha value is -3.07. The number of sulfonamides is 1. The molecule has 2 aromatic rings. The summed E-state index contributed by atoms with van der Waals surface area (Å²) in [6.45, 7) is 2.76. The minimum Gasteiger partial charge on any atom is -0.497 e. The van der Waals surface area contributed by atoms with E-state index in [1.807, 2.05) is 12.1 Å². The fraction of sp³-hybridized carbons (Fsp3) is 0.462. The molecule has 0 radical (unpaired) electrons.